The van der Waals surface area contributed by atoms with E-state index in [4.69, 9.17) is 0 Å². The molecule has 0 bridgehead atoms. The first kappa shape index (κ1) is 76.5. The molecule has 0 aliphatic rings. The van der Waals surface area contributed by atoms with Crippen molar-refractivity contribution in [3.8, 4) is 0 Å². The molecule has 0 aromatic carbocycles. The molecular weight excluding hydrogens is 377 g/mol. The predicted octanol–water partition coefficient (Wildman–Crippen LogP) is -1.85. The Labute approximate surface area is 170 Å². The van der Waals surface area contributed by atoms with Crippen LogP contribution in [0.4, 0.5) is 0 Å². The standard InChI is InChI=1S/Ba.Ca.4H2O.Sr.Ti/h;;4*1H2;;/q2*+2;;;;;+2;/p-4. The van der Waals surface area contributed by atoms with Gasteiger partial charge in [0.05, 0.1) is 0 Å². The molecule has 0 amide bonds. The van der Waals surface area contributed by atoms with Crippen LogP contribution >= 0.6 is 0 Å². The normalized spacial score (nSPS) is 0. The van der Waals surface area contributed by atoms with Crippen LogP contribution in [0.3, 0.4) is 0 Å². The van der Waals surface area contributed by atoms with E-state index in [9.17, 15) is 0 Å². The maximum atomic E-state index is 0. The van der Waals surface area contributed by atoms with Gasteiger partial charge in [0.25, 0.3) is 0 Å². The molecule has 0 aromatic heterocycles. The predicted molar refractivity (Wildman–Crippen MR) is 25.0 cm³/mol. The molecule has 0 radical (unpaired) electrons. The molecule has 0 saturated carbocycles. The summed E-state index contributed by atoms with van der Waals surface area (Å²) >= 11 is 0. The van der Waals surface area contributed by atoms with Crippen LogP contribution in [0.5, 0.6) is 0 Å². The smallest absolute Gasteiger partial charge is 0.870 e. The Morgan fingerprint density at radius 3 is 0.625 bits per heavy atom. The van der Waals surface area contributed by atoms with Crippen LogP contribution < -0.4 is 0 Å². The van der Waals surface area contributed by atoms with Crippen LogP contribution in [0.2, 0.25) is 0 Å². The van der Waals surface area contributed by atoms with Gasteiger partial charge >= 0.3 is 132 Å². The topological polar surface area (TPSA) is 120 Å². The van der Waals surface area contributed by atoms with E-state index in [1.165, 1.54) is 0 Å². The molecule has 8 heavy (non-hydrogen) atoms. The first-order valence-corrected chi connectivity index (χ1v) is 0. The summed E-state index contributed by atoms with van der Waals surface area (Å²) in [6, 6.07) is 0. The summed E-state index contributed by atoms with van der Waals surface area (Å²) in [5.74, 6) is 0. The fourth-order valence-corrected chi connectivity index (χ4v) is 0. The van der Waals surface area contributed by atoms with Crippen molar-refractivity contribution in [3.05, 3.63) is 0 Å². The second-order valence-electron chi connectivity index (χ2n) is 0. The van der Waals surface area contributed by atoms with Crippen molar-refractivity contribution in [2.45, 2.75) is 0 Å². The molecule has 0 saturated heterocycles. The summed E-state index contributed by atoms with van der Waals surface area (Å²) < 4.78 is 0. The summed E-state index contributed by atoms with van der Waals surface area (Å²) in [5.41, 5.74) is 0. The van der Waals surface area contributed by atoms with Crippen LogP contribution in [-0.2, 0) is 21.7 Å². The summed E-state index contributed by atoms with van der Waals surface area (Å²) in [5, 5.41) is 0. The first-order valence-electron chi connectivity index (χ1n) is 0. The van der Waals surface area contributed by atoms with Gasteiger partial charge in [0.2, 0.25) is 0 Å². The van der Waals surface area contributed by atoms with E-state index in [1.807, 2.05) is 0 Å². The van der Waals surface area contributed by atoms with Crippen LogP contribution in [0.25, 0.3) is 0 Å². The largest absolute Gasteiger partial charge is 2.00 e. The maximum Gasteiger partial charge on any atom is 2.00 e. The third kappa shape index (κ3) is 44.7. The molecule has 0 aliphatic heterocycles. The third-order valence-electron chi connectivity index (χ3n) is 0. The van der Waals surface area contributed by atoms with E-state index >= 15 is 0 Å². The molecule has 0 aromatic rings. The van der Waals surface area contributed by atoms with Crippen molar-refractivity contribution in [3.63, 3.8) is 0 Å². The summed E-state index contributed by atoms with van der Waals surface area (Å²) in [6.07, 6.45) is 0. The first-order chi connectivity index (χ1) is 0. The fraction of sp³-hybridized carbons (Fsp3) is 0. The van der Waals surface area contributed by atoms with E-state index in [0.29, 0.717) is 0 Å². The van der Waals surface area contributed by atoms with Crippen molar-refractivity contribution in [2.24, 2.45) is 0 Å². The maximum absolute atomic E-state index is 0. The molecular formula is H4BaCaO4SrTi+2. The Balaban J connectivity index is 0. The zero-order valence-electron chi connectivity index (χ0n) is 4.41. The van der Waals surface area contributed by atoms with Gasteiger partial charge in [-0.3, -0.25) is 0 Å². The van der Waals surface area contributed by atoms with Gasteiger partial charge in [-0.2, -0.15) is 0 Å². The quantitative estimate of drug-likeness (QED) is 0.458. The Morgan fingerprint density at radius 2 is 0.625 bits per heavy atom. The van der Waals surface area contributed by atoms with Gasteiger partial charge in [-0.25, -0.2) is 0 Å². The van der Waals surface area contributed by atoms with Crippen molar-refractivity contribution in [2.75, 3.05) is 0 Å². The Bertz CT molecular complexity index is 16.0. The van der Waals surface area contributed by atoms with Crippen molar-refractivity contribution >= 4 is 132 Å². The van der Waals surface area contributed by atoms with Gasteiger partial charge in [-0.1, -0.05) is 0 Å². The van der Waals surface area contributed by atoms with Crippen LogP contribution in [-0.4, -0.2) is 154 Å². The summed E-state index contributed by atoms with van der Waals surface area (Å²) in [6.45, 7) is 0. The van der Waals surface area contributed by atoms with E-state index in [1.54, 1.807) is 0 Å². The summed E-state index contributed by atoms with van der Waals surface area (Å²) in [4.78, 5) is 0. The molecule has 36 valence electrons. The van der Waals surface area contributed by atoms with Crippen molar-refractivity contribution in [1.82, 2.24) is 0 Å². The average molecular weight is 381 g/mol. The van der Waals surface area contributed by atoms with E-state index in [0.717, 1.165) is 0 Å². The van der Waals surface area contributed by atoms with E-state index < -0.39 is 0 Å². The van der Waals surface area contributed by atoms with Gasteiger partial charge in [0.1, 0.15) is 0 Å². The zero-order valence-corrected chi connectivity index (χ0v) is 16.1. The van der Waals surface area contributed by atoms with Gasteiger partial charge in [0.15, 0.2) is 0 Å². The van der Waals surface area contributed by atoms with Crippen molar-refractivity contribution in [1.29, 1.82) is 0 Å². The Kier molecular flexibility index (Phi) is 566. The van der Waals surface area contributed by atoms with Crippen molar-refractivity contribution < 1.29 is 43.6 Å². The van der Waals surface area contributed by atoms with Crippen LogP contribution in [0.1, 0.15) is 0 Å². The monoisotopic (exact) mass is 382 g/mol. The van der Waals surface area contributed by atoms with Gasteiger partial charge < -0.3 is 21.9 Å². The molecule has 0 rings (SSSR count). The minimum Gasteiger partial charge on any atom is -0.870 e. The second-order valence-corrected chi connectivity index (χ2v) is 0. The van der Waals surface area contributed by atoms with Crippen LogP contribution in [0, 0.1) is 0 Å². The molecule has 0 atom stereocenters. The van der Waals surface area contributed by atoms with Crippen LogP contribution in [0.15, 0.2) is 0 Å². The molecule has 0 spiro atoms. The molecule has 4 nitrogen and oxygen atoms in total. The fourth-order valence-electron chi connectivity index (χ4n) is 0. The molecule has 0 unspecified atom stereocenters. The molecule has 0 aliphatic carbocycles. The second kappa shape index (κ2) is 59.2. The van der Waals surface area contributed by atoms with Gasteiger partial charge in [-0.15, -0.1) is 0 Å². The SMILES string of the molecule is [Ba+2].[Ca+2].[OH-].[OH-].[OH-].[OH-].[Sr+2].[Ti]. The number of rotatable bonds is 0. The molecule has 0 heterocycles. The minimum atomic E-state index is 0. The summed E-state index contributed by atoms with van der Waals surface area (Å²) in [7, 11) is 0. The average Bonchev–Trinajstić information content (AvgIpc) is 0. The zero-order chi connectivity index (χ0) is 0. The minimum absolute atomic E-state index is 0. The van der Waals surface area contributed by atoms with Gasteiger partial charge in [-0.05, 0) is 0 Å². The Morgan fingerprint density at radius 1 is 0.625 bits per heavy atom. The number of hydrogen-bond donors (Lipinski definition) is 0. The van der Waals surface area contributed by atoms with E-state index in [2.05, 4.69) is 0 Å². The molecule has 8 heteroatoms. The third-order valence-corrected chi connectivity index (χ3v) is 0. The number of hydrogen-bond acceptors (Lipinski definition) is 4. The Hall–Kier alpha value is 4.87. The molecule has 4 N–H and O–H groups in total. The molecule has 0 fully saturated rings. The van der Waals surface area contributed by atoms with Gasteiger partial charge in [0, 0.05) is 21.7 Å². The van der Waals surface area contributed by atoms with E-state index in [-0.39, 0.29) is 176 Å².